The average molecular weight is 824 g/mol. The van der Waals surface area contributed by atoms with E-state index < -0.39 is 49.5 Å². The van der Waals surface area contributed by atoms with Gasteiger partial charge in [-0.2, -0.15) is 0 Å². The Kier molecular flexibility index (Phi) is 37.5. The number of unbranched alkanes of at least 4 members (excludes halogenated alkanes) is 27. The van der Waals surface area contributed by atoms with Crippen LogP contribution in [0.15, 0.2) is 24.3 Å². The molecule has 0 radical (unpaired) electrons. The third-order valence-electron chi connectivity index (χ3n) is 11.8. The van der Waals surface area contributed by atoms with Gasteiger partial charge in [-0.1, -0.05) is 199 Å². The van der Waals surface area contributed by atoms with Gasteiger partial charge in [0.1, 0.15) is 24.4 Å². The maximum atomic E-state index is 13.0. The van der Waals surface area contributed by atoms with Gasteiger partial charge in [0, 0.05) is 6.42 Å². The van der Waals surface area contributed by atoms with Crippen molar-refractivity contribution in [2.24, 2.45) is 0 Å². The lowest BCUT2D eigenvalue weighted by atomic mass is 9.99. The van der Waals surface area contributed by atoms with Crippen LogP contribution >= 0.6 is 0 Å². The minimum atomic E-state index is -1.55. The number of aliphatic hydroxyl groups excluding tert-OH is 5. The number of rotatable bonds is 41. The Bertz CT molecular complexity index is 961. The SMILES string of the molecule is CCCCC/C=C\C/C=C\CCCCCCCCCCCC(=O)NC(COC1OC(CO)C(O)C(O)C1O)C(O)CCCCCCCCCCCCCCCCCC. The highest BCUT2D eigenvalue weighted by atomic mass is 16.7. The van der Waals surface area contributed by atoms with Crippen LogP contribution in [0.4, 0.5) is 0 Å². The first-order valence-electron chi connectivity index (χ1n) is 24.5. The molecule has 1 saturated heterocycles. The topological polar surface area (TPSA) is 149 Å². The molecule has 1 fully saturated rings. The summed E-state index contributed by atoms with van der Waals surface area (Å²) in [6, 6.07) is -0.719. The predicted octanol–water partition coefficient (Wildman–Crippen LogP) is 10.7. The molecule has 6 N–H and O–H groups in total. The Morgan fingerprint density at radius 3 is 1.52 bits per heavy atom. The second-order valence-electron chi connectivity index (χ2n) is 17.3. The first-order valence-corrected chi connectivity index (χ1v) is 24.5. The Morgan fingerprint density at radius 2 is 1.02 bits per heavy atom. The molecule has 1 aliphatic rings. The Hall–Kier alpha value is -1.33. The molecule has 1 amide bonds. The summed E-state index contributed by atoms with van der Waals surface area (Å²) in [7, 11) is 0. The molecule has 9 nitrogen and oxygen atoms in total. The summed E-state index contributed by atoms with van der Waals surface area (Å²) < 4.78 is 11.3. The minimum Gasteiger partial charge on any atom is -0.394 e. The predicted molar refractivity (Wildman–Crippen MR) is 240 cm³/mol. The Labute approximate surface area is 356 Å². The quantitative estimate of drug-likeness (QED) is 0.0264. The molecule has 9 heteroatoms. The lowest BCUT2D eigenvalue weighted by molar-refractivity contribution is -0.302. The fraction of sp³-hybridized carbons (Fsp3) is 0.898. The Morgan fingerprint density at radius 1 is 0.586 bits per heavy atom. The molecule has 7 unspecified atom stereocenters. The molecule has 342 valence electrons. The van der Waals surface area contributed by atoms with Crippen molar-refractivity contribution in [1.29, 1.82) is 0 Å². The first-order chi connectivity index (χ1) is 28.3. The normalized spacial score (nSPS) is 21.0. The summed E-state index contributed by atoms with van der Waals surface area (Å²) in [6.07, 6.45) is 40.3. The molecule has 0 aromatic carbocycles. The minimum absolute atomic E-state index is 0.138. The van der Waals surface area contributed by atoms with Gasteiger partial charge in [0.05, 0.1) is 25.4 Å². The number of nitrogens with one attached hydrogen (secondary N) is 1. The average Bonchev–Trinajstić information content (AvgIpc) is 3.22. The van der Waals surface area contributed by atoms with Crippen molar-refractivity contribution in [1.82, 2.24) is 5.32 Å². The maximum absolute atomic E-state index is 13.0. The molecule has 0 aliphatic carbocycles. The summed E-state index contributed by atoms with van der Waals surface area (Å²) in [5.74, 6) is -0.148. The zero-order valence-electron chi connectivity index (χ0n) is 37.6. The molecular formula is C49H93NO8. The molecular weight excluding hydrogens is 731 g/mol. The van der Waals surface area contributed by atoms with E-state index in [2.05, 4.69) is 43.5 Å². The van der Waals surface area contributed by atoms with Gasteiger partial charge in [-0.25, -0.2) is 0 Å². The number of carbonyl (C=O) groups is 1. The number of aliphatic hydroxyl groups is 5. The van der Waals surface area contributed by atoms with Gasteiger partial charge in [0.2, 0.25) is 5.91 Å². The van der Waals surface area contributed by atoms with Gasteiger partial charge < -0.3 is 40.3 Å². The van der Waals surface area contributed by atoms with E-state index >= 15 is 0 Å². The second kappa shape index (κ2) is 39.8. The summed E-state index contributed by atoms with van der Waals surface area (Å²) in [4.78, 5) is 13.0. The second-order valence-corrected chi connectivity index (χ2v) is 17.3. The molecule has 0 aromatic heterocycles. The van der Waals surface area contributed by atoms with Gasteiger partial charge in [-0.3, -0.25) is 4.79 Å². The van der Waals surface area contributed by atoms with E-state index in [0.29, 0.717) is 12.8 Å². The standard InChI is InChI=1S/C49H93NO8/c1-3-5-7-9-11-13-15-17-19-21-22-23-25-27-29-31-33-35-37-39-45(53)50-42(41-57-49-48(56)47(55)46(54)44(40-51)58-49)43(52)38-36-34-32-30-28-26-24-20-18-16-14-12-10-8-6-4-2/h11,13,17,19,42-44,46-49,51-52,54-56H,3-10,12,14-16,18,20-41H2,1-2H3,(H,50,53)/b13-11-,19-17-. The van der Waals surface area contributed by atoms with Crippen molar-refractivity contribution in [2.45, 2.75) is 269 Å². The molecule has 0 saturated carbocycles. The van der Waals surface area contributed by atoms with E-state index in [-0.39, 0.29) is 12.5 Å². The van der Waals surface area contributed by atoms with Crippen molar-refractivity contribution in [3.8, 4) is 0 Å². The largest absolute Gasteiger partial charge is 0.394 e. The third-order valence-corrected chi connectivity index (χ3v) is 11.8. The highest BCUT2D eigenvalue weighted by Crippen LogP contribution is 2.23. The monoisotopic (exact) mass is 824 g/mol. The fourth-order valence-corrected chi connectivity index (χ4v) is 7.84. The van der Waals surface area contributed by atoms with Crippen LogP contribution in [0.2, 0.25) is 0 Å². The highest BCUT2D eigenvalue weighted by molar-refractivity contribution is 5.76. The summed E-state index contributed by atoms with van der Waals surface area (Å²) in [6.45, 7) is 3.82. The van der Waals surface area contributed by atoms with Crippen LogP contribution in [0.25, 0.3) is 0 Å². The van der Waals surface area contributed by atoms with E-state index in [0.717, 1.165) is 44.9 Å². The van der Waals surface area contributed by atoms with Crippen LogP contribution in [0.3, 0.4) is 0 Å². The van der Waals surface area contributed by atoms with Crippen molar-refractivity contribution in [3.63, 3.8) is 0 Å². The molecule has 0 aromatic rings. The van der Waals surface area contributed by atoms with Crippen LogP contribution in [0.5, 0.6) is 0 Å². The molecule has 1 rings (SSSR count). The molecule has 58 heavy (non-hydrogen) atoms. The number of allylic oxidation sites excluding steroid dienone is 4. The molecule has 1 aliphatic heterocycles. The maximum Gasteiger partial charge on any atom is 0.220 e. The summed E-state index contributed by atoms with van der Waals surface area (Å²) in [5.41, 5.74) is 0. The number of hydrogen-bond donors (Lipinski definition) is 6. The van der Waals surface area contributed by atoms with E-state index in [1.807, 2.05) is 0 Å². The fourth-order valence-electron chi connectivity index (χ4n) is 7.84. The number of ether oxygens (including phenoxy) is 2. The molecule has 0 bridgehead atoms. The van der Waals surface area contributed by atoms with E-state index in [1.54, 1.807) is 0 Å². The van der Waals surface area contributed by atoms with Crippen LogP contribution in [-0.2, 0) is 14.3 Å². The van der Waals surface area contributed by atoms with Gasteiger partial charge in [-0.15, -0.1) is 0 Å². The van der Waals surface area contributed by atoms with Gasteiger partial charge in [-0.05, 0) is 44.9 Å². The Balaban J connectivity index is 2.29. The van der Waals surface area contributed by atoms with E-state index in [4.69, 9.17) is 9.47 Å². The summed E-state index contributed by atoms with van der Waals surface area (Å²) >= 11 is 0. The van der Waals surface area contributed by atoms with E-state index in [9.17, 15) is 30.3 Å². The van der Waals surface area contributed by atoms with E-state index in [1.165, 1.54) is 154 Å². The van der Waals surface area contributed by atoms with Crippen molar-refractivity contribution >= 4 is 5.91 Å². The van der Waals surface area contributed by atoms with Crippen molar-refractivity contribution < 1.29 is 39.8 Å². The van der Waals surface area contributed by atoms with Gasteiger partial charge in [0.25, 0.3) is 0 Å². The summed E-state index contributed by atoms with van der Waals surface area (Å²) in [5, 5.41) is 54.4. The third kappa shape index (κ3) is 29.8. The smallest absolute Gasteiger partial charge is 0.220 e. The van der Waals surface area contributed by atoms with Crippen LogP contribution in [0, 0.1) is 0 Å². The van der Waals surface area contributed by atoms with Gasteiger partial charge in [0.15, 0.2) is 6.29 Å². The number of carbonyl (C=O) groups excluding carboxylic acids is 1. The molecule has 0 spiro atoms. The molecule has 1 heterocycles. The molecule has 7 atom stereocenters. The first kappa shape index (κ1) is 54.7. The van der Waals surface area contributed by atoms with Crippen molar-refractivity contribution in [3.05, 3.63) is 24.3 Å². The lowest BCUT2D eigenvalue weighted by Gasteiger charge is -2.40. The van der Waals surface area contributed by atoms with Gasteiger partial charge >= 0.3 is 0 Å². The van der Waals surface area contributed by atoms with Crippen LogP contribution in [-0.4, -0.2) is 87.5 Å². The number of amides is 1. The number of hydrogen-bond acceptors (Lipinski definition) is 8. The van der Waals surface area contributed by atoms with Crippen molar-refractivity contribution in [2.75, 3.05) is 13.2 Å². The zero-order chi connectivity index (χ0) is 42.3. The lowest BCUT2D eigenvalue weighted by Crippen LogP contribution is -2.60. The van der Waals surface area contributed by atoms with Crippen LogP contribution in [0.1, 0.15) is 226 Å². The highest BCUT2D eigenvalue weighted by Gasteiger charge is 2.44. The van der Waals surface area contributed by atoms with Crippen LogP contribution < -0.4 is 5.32 Å². The zero-order valence-corrected chi connectivity index (χ0v) is 37.6.